The molecule has 0 unspecified atom stereocenters. The van der Waals surface area contributed by atoms with E-state index in [1.54, 1.807) is 11.8 Å². The maximum Gasteiger partial charge on any atom is 0.192 e. The zero-order valence-electron chi connectivity index (χ0n) is 12.4. The molecule has 0 atom stereocenters. The number of benzene rings is 1. The van der Waals surface area contributed by atoms with Gasteiger partial charge in [-0.3, -0.25) is 4.57 Å². The average molecular weight is 364 g/mol. The fraction of sp³-hybridized carbons (Fsp3) is 0.333. The van der Waals surface area contributed by atoms with Gasteiger partial charge in [0.1, 0.15) is 4.88 Å². The molecular formula is C15H14ClN5S2. The van der Waals surface area contributed by atoms with Gasteiger partial charge in [0.05, 0.1) is 5.69 Å². The maximum atomic E-state index is 6.24. The first kappa shape index (κ1) is 15.1. The van der Waals surface area contributed by atoms with Crippen molar-refractivity contribution in [3.8, 4) is 10.7 Å². The van der Waals surface area contributed by atoms with Crippen LogP contribution in [-0.4, -0.2) is 24.4 Å². The highest BCUT2D eigenvalue weighted by molar-refractivity contribution is 7.98. The van der Waals surface area contributed by atoms with Gasteiger partial charge in [0.2, 0.25) is 0 Å². The predicted octanol–water partition coefficient (Wildman–Crippen LogP) is 4.39. The van der Waals surface area contributed by atoms with Crippen LogP contribution in [0, 0.1) is 6.92 Å². The molecule has 4 rings (SSSR count). The van der Waals surface area contributed by atoms with Gasteiger partial charge in [-0.15, -0.1) is 15.3 Å². The number of rotatable bonds is 5. The van der Waals surface area contributed by atoms with E-state index < -0.39 is 0 Å². The zero-order chi connectivity index (χ0) is 15.8. The third kappa shape index (κ3) is 3.00. The largest absolute Gasteiger partial charge is 0.298 e. The molecule has 23 heavy (non-hydrogen) atoms. The van der Waals surface area contributed by atoms with E-state index in [-0.39, 0.29) is 0 Å². The van der Waals surface area contributed by atoms with Gasteiger partial charge in [0.25, 0.3) is 0 Å². The number of halogens is 1. The van der Waals surface area contributed by atoms with Crippen LogP contribution in [0.1, 0.15) is 30.1 Å². The van der Waals surface area contributed by atoms with Crippen molar-refractivity contribution in [2.75, 3.05) is 0 Å². The SMILES string of the molecule is Cc1nnsc1-c1nnc(SCc2ccccc2Cl)n1C1CC1. The first-order valence-corrected chi connectivity index (χ1v) is 9.48. The highest BCUT2D eigenvalue weighted by Gasteiger charge is 2.31. The molecule has 1 fully saturated rings. The molecule has 0 spiro atoms. The van der Waals surface area contributed by atoms with Crippen molar-refractivity contribution < 1.29 is 0 Å². The lowest BCUT2D eigenvalue weighted by atomic mass is 10.2. The van der Waals surface area contributed by atoms with Crippen LogP contribution in [0.15, 0.2) is 29.4 Å². The molecule has 118 valence electrons. The molecule has 0 amide bonds. The Hall–Kier alpha value is -1.44. The van der Waals surface area contributed by atoms with Crippen LogP contribution in [0.4, 0.5) is 0 Å². The number of aromatic nitrogens is 5. The summed E-state index contributed by atoms with van der Waals surface area (Å²) in [7, 11) is 0. The second-order valence-corrected chi connectivity index (χ2v) is 7.58. The number of nitrogens with zero attached hydrogens (tertiary/aromatic N) is 5. The zero-order valence-corrected chi connectivity index (χ0v) is 14.8. The number of aryl methyl sites for hydroxylation is 1. The van der Waals surface area contributed by atoms with Crippen molar-refractivity contribution in [2.45, 2.75) is 36.7 Å². The summed E-state index contributed by atoms with van der Waals surface area (Å²) in [5.74, 6) is 1.67. The fourth-order valence-electron chi connectivity index (χ4n) is 2.39. The number of thioether (sulfide) groups is 1. The van der Waals surface area contributed by atoms with E-state index in [1.165, 1.54) is 24.4 Å². The number of hydrogen-bond donors (Lipinski definition) is 0. The van der Waals surface area contributed by atoms with Crippen LogP contribution in [0.25, 0.3) is 10.7 Å². The molecule has 3 aromatic rings. The molecule has 1 aliphatic carbocycles. The van der Waals surface area contributed by atoms with E-state index in [2.05, 4.69) is 24.4 Å². The van der Waals surface area contributed by atoms with Crippen molar-refractivity contribution in [1.82, 2.24) is 24.4 Å². The van der Waals surface area contributed by atoms with Crippen molar-refractivity contribution in [1.29, 1.82) is 0 Å². The Kier molecular flexibility index (Phi) is 4.09. The summed E-state index contributed by atoms with van der Waals surface area (Å²) in [4.78, 5) is 1.01. The van der Waals surface area contributed by atoms with Crippen LogP contribution in [-0.2, 0) is 5.75 Å². The van der Waals surface area contributed by atoms with Gasteiger partial charge in [-0.05, 0) is 42.9 Å². The Morgan fingerprint density at radius 3 is 2.78 bits per heavy atom. The van der Waals surface area contributed by atoms with Gasteiger partial charge < -0.3 is 0 Å². The molecule has 0 bridgehead atoms. The normalized spacial score (nSPS) is 14.3. The minimum atomic E-state index is 0.496. The van der Waals surface area contributed by atoms with Crippen LogP contribution in [0.5, 0.6) is 0 Å². The van der Waals surface area contributed by atoms with Crippen molar-refractivity contribution in [3.63, 3.8) is 0 Å². The molecule has 1 aliphatic rings. The molecule has 1 saturated carbocycles. The molecule has 8 heteroatoms. The quantitative estimate of drug-likeness (QED) is 0.629. The Morgan fingerprint density at radius 1 is 1.26 bits per heavy atom. The second-order valence-electron chi connectivity index (χ2n) is 5.47. The second kappa shape index (κ2) is 6.22. The Bertz CT molecular complexity index is 840. The van der Waals surface area contributed by atoms with Gasteiger partial charge in [-0.25, -0.2) is 0 Å². The van der Waals surface area contributed by atoms with Gasteiger partial charge in [0, 0.05) is 16.8 Å². The first-order valence-electron chi connectivity index (χ1n) is 7.34. The summed E-state index contributed by atoms with van der Waals surface area (Å²) in [5, 5.41) is 14.6. The average Bonchev–Trinajstić information content (AvgIpc) is 3.17. The molecule has 0 aliphatic heterocycles. The van der Waals surface area contributed by atoms with E-state index in [9.17, 15) is 0 Å². The molecule has 2 heterocycles. The van der Waals surface area contributed by atoms with Crippen molar-refractivity contribution in [2.24, 2.45) is 0 Å². The molecular weight excluding hydrogens is 350 g/mol. The standard InChI is InChI=1S/C15H14ClN5S2/c1-9-13(23-20-17-9)14-18-19-15(21(14)11-6-7-11)22-8-10-4-2-3-5-12(10)16/h2-5,11H,6-8H2,1H3. The summed E-state index contributed by atoms with van der Waals surface area (Å²) in [6, 6.07) is 8.41. The molecule has 1 aromatic carbocycles. The summed E-state index contributed by atoms with van der Waals surface area (Å²) >= 11 is 9.29. The van der Waals surface area contributed by atoms with E-state index in [4.69, 9.17) is 11.6 Å². The van der Waals surface area contributed by atoms with E-state index >= 15 is 0 Å². The predicted molar refractivity (Wildman–Crippen MR) is 92.9 cm³/mol. The molecule has 2 aromatic heterocycles. The monoisotopic (exact) mass is 363 g/mol. The van der Waals surface area contributed by atoms with Crippen molar-refractivity contribution in [3.05, 3.63) is 40.5 Å². The number of hydrogen-bond acceptors (Lipinski definition) is 6. The first-order chi connectivity index (χ1) is 11.2. The smallest absolute Gasteiger partial charge is 0.192 e. The lowest BCUT2D eigenvalue weighted by Gasteiger charge is -2.08. The fourth-order valence-corrected chi connectivity index (χ4v) is 4.32. The van der Waals surface area contributed by atoms with Crippen LogP contribution >= 0.6 is 34.9 Å². The Labute approximate surface area is 147 Å². The molecule has 0 saturated heterocycles. The van der Waals surface area contributed by atoms with Gasteiger partial charge in [-0.2, -0.15) is 0 Å². The van der Waals surface area contributed by atoms with Crippen LogP contribution < -0.4 is 0 Å². The van der Waals surface area contributed by atoms with Gasteiger partial charge in [0.15, 0.2) is 11.0 Å². The lowest BCUT2D eigenvalue weighted by molar-refractivity contribution is 0.669. The summed E-state index contributed by atoms with van der Waals surface area (Å²) in [6.07, 6.45) is 2.35. The van der Waals surface area contributed by atoms with Gasteiger partial charge >= 0.3 is 0 Å². The van der Waals surface area contributed by atoms with Gasteiger partial charge in [-0.1, -0.05) is 46.1 Å². The minimum Gasteiger partial charge on any atom is -0.298 e. The Balaban J connectivity index is 1.63. The Morgan fingerprint density at radius 2 is 2.09 bits per heavy atom. The van der Waals surface area contributed by atoms with Crippen LogP contribution in [0.2, 0.25) is 5.02 Å². The third-order valence-corrected chi connectivity index (χ3v) is 5.93. The highest BCUT2D eigenvalue weighted by atomic mass is 35.5. The van der Waals surface area contributed by atoms with E-state index in [0.717, 1.165) is 37.9 Å². The minimum absolute atomic E-state index is 0.496. The highest BCUT2D eigenvalue weighted by Crippen LogP contribution is 2.42. The summed E-state index contributed by atoms with van der Waals surface area (Å²) < 4.78 is 6.26. The topological polar surface area (TPSA) is 56.5 Å². The molecule has 0 radical (unpaired) electrons. The summed E-state index contributed by atoms with van der Waals surface area (Å²) in [5.41, 5.74) is 2.02. The van der Waals surface area contributed by atoms with Crippen molar-refractivity contribution >= 4 is 34.9 Å². The summed E-state index contributed by atoms with van der Waals surface area (Å²) in [6.45, 7) is 1.96. The van der Waals surface area contributed by atoms with E-state index in [1.807, 2.05) is 31.2 Å². The lowest BCUT2D eigenvalue weighted by Crippen LogP contribution is -1.99. The third-order valence-electron chi connectivity index (χ3n) is 3.75. The molecule has 0 N–H and O–H groups in total. The van der Waals surface area contributed by atoms with E-state index in [0.29, 0.717) is 6.04 Å². The molecule has 5 nitrogen and oxygen atoms in total. The van der Waals surface area contributed by atoms with Crippen LogP contribution in [0.3, 0.4) is 0 Å². The maximum absolute atomic E-state index is 6.24.